The number of aliphatic hydroxyl groups excluding tert-OH is 1. The number of aliphatic hydroxyl groups is 1. The van der Waals surface area contributed by atoms with Crippen LogP contribution in [0.1, 0.15) is 11.1 Å². The number of benzene rings is 1. The van der Waals surface area contributed by atoms with Gasteiger partial charge in [-0.25, -0.2) is 4.39 Å². The summed E-state index contributed by atoms with van der Waals surface area (Å²) in [6.07, 6.45) is 0. The van der Waals surface area contributed by atoms with E-state index in [0.717, 1.165) is 10.0 Å². The number of rotatable bonds is 4. The lowest BCUT2D eigenvalue weighted by molar-refractivity contribution is 0.247. The van der Waals surface area contributed by atoms with Gasteiger partial charge in [0.05, 0.1) is 6.61 Å². The Morgan fingerprint density at radius 2 is 2.21 bits per heavy atom. The summed E-state index contributed by atoms with van der Waals surface area (Å²) in [5.74, 6) is 0.577. The molecule has 1 aromatic rings. The maximum absolute atomic E-state index is 11.9. The van der Waals surface area contributed by atoms with Crippen LogP contribution in [0, 0.1) is 6.92 Å². The van der Waals surface area contributed by atoms with Crippen molar-refractivity contribution >= 4 is 15.9 Å². The lowest BCUT2D eigenvalue weighted by Crippen LogP contribution is -2.03. The lowest BCUT2D eigenvalue weighted by Gasteiger charge is -2.12. The zero-order chi connectivity index (χ0) is 10.6. The highest BCUT2D eigenvalue weighted by molar-refractivity contribution is 9.10. The molecule has 0 fully saturated rings. The molecule has 0 unspecified atom stereocenters. The maximum atomic E-state index is 11.9. The lowest BCUT2D eigenvalue weighted by atomic mass is 10.1. The number of aryl methyl sites for hydroxylation is 1. The van der Waals surface area contributed by atoms with E-state index in [0.29, 0.717) is 11.3 Å². The van der Waals surface area contributed by atoms with Gasteiger partial charge in [-0.2, -0.15) is 0 Å². The fraction of sp³-hybridized carbons (Fsp3) is 0.400. The van der Waals surface area contributed by atoms with E-state index in [2.05, 4.69) is 15.9 Å². The van der Waals surface area contributed by atoms with Gasteiger partial charge in [-0.15, -0.1) is 0 Å². The summed E-state index contributed by atoms with van der Waals surface area (Å²) in [5.41, 5.74) is 1.56. The quantitative estimate of drug-likeness (QED) is 0.904. The molecule has 0 heterocycles. The fourth-order valence-electron chi connectivity index (χ4n) is 1.26. The number of ether oxygens (including phenoxy) is 1. The molecule has 0 atom stereocenters. The first-order chi connectivity index (χ1) is 6.69. The standard InChI is InChI=1S/C10H12BrFO2/c1-7-4-9(11)5-8(6-13)10(7)14-3-2-12/h4-5,13H,2-3,6H2,1H3. The van der Waals surface area contributed by atoms with Gasteiger partial charge >= 0.3 is 0 Å². The first-order valence-electron chi connectivity index (χ1n) is 4.27. The minimum atomic E-state index is -0.527. The molecule has 78 valence electrons. The highest BCUT2D eigenvalue weighted by Crippen LogP contribution is 2.28. The second-order valence-electron chi connectivity index (χ2n) is 2.91. The average Bonchev–Trinajstić information content (AvgIpc) is 2.15. The zero-order valence-electron chi connectivity index (χ0n) is 7.89. The van der Waals surface area contributed by atoms with Crippen molar-refractivity contribution in [1.82, 2.24) is 0 Å². The SMILES string of the molecule is Cc1cc(Br)cc(CO)c1OCCF. The van der Waals surface area contributed by atoms with Gasteiger partial charge in [-0.1, -0.05) is 15.9 Å². The van der Waals surface area contributed by atoms with Crippen molar-refractivity contribution in [1.29, 1.82) is 0 Å². The van der Waals surface area contributed by atoms with Gasteiger partial charge in [0.15, 0.2) is 0 Å². The summed E-state index contributed by atoms with van der Waals surface area (Å²) in [6.45, 7) is 1.25. The Hall–Kier alpha value is -0.610. The van der Waals surface area contributed by atoms with Gasteiger partial charge in [-0.05, 0) is 24.6 Å². The van der Waals surface area contributed by atoms with Crippen LogP contribution in [-0.4, -0.2) is 18.4 Å². The van der Waals surface area contributed by atoms with E-state index in [1.54, 1.807) is 6.07 Å². The molecule has 2 nitrogen and oxygen atoms in total. The minimum absolute atomic E-state index is 0.0233. The van der Waals surface area contributed by atoms with Crippen molar-refractivity contribution in [2.24, 2.45) is 0 Å². The first-order valence-corrected chi connectivity index (χ1v) is 5.07. The van der Waals surface area contributed by atoms with Crippen molar-refractivity contribution < 1.29 is 14.2 Å². The van der Waals surface area contributed by atoms with Crippen LogP contribution in [0.5, 0.6) is 5.75 Å². The summed E-state index contributed by atoms with van der Waals surface area (Å²) < 4.78 is 18.0. The number of halogens is 2. The van der Waals surface area contributed by atoms with Gasteiger partial charge in [-0.3, -0.25) is 0 Å². The molecule has 1 N–H and O–H groups in total. The largest absolute Gasteiger partial charge is 0.490 e. The third-order valence-corrected chi connectivity index (χ3v) is 2.27. The Balaban J connectivity index is 2.99. The Labute approximate surface area is 90.8 Å². The van der Waals surface area contributed by atoms with Crippen LogP contribution in [0.3, 0.4) is 0 Å². The molecule has 0 aliphatic carbocycles. The number of hydrogen-bond acceptors (Lipinski definition) is 2. The van der Waals surface area contributed by atoms with E-state index in [-0.39, 0.29) is 13.2 Å². The van der Waals surface area contributed by atoms with Gasteiger partial charge in [0.2, 0.25) is 0 Å². The Morgan fingerprint density at radius 3 is 2.79 bits per heavy atom. The molecule has 0 aliphatic rings. The molecule has 0 spiro atoms. The van der Waals surface area contributed by atoms with Crippen molar-refractivity contribution in [2.75, 3.05) is 13.3 Å². The van der Waals surface area contributed by atoms with Crippen LogP contribution >= 0.6 is 15.9 Å². The summed E-state index contributed by atoms with van der Waals surface area (Å²) in [6, 6.07) is 3.63. The maximum Gasteiger partial charge on any atom is 0.127 e. The van der Waals surface area contributed by atoms with Gasteiger partial charge in [0.25, 0.3) is 0 Å². The minimum Gasteiger partial charge on any atom is -0.490 e. The predicted octanol–water partition coefficient (Wildman–Crippen LogP) is 2.60. The van der Waals surface area contributed by atoms with Gasteiger partial charge < -0.3 is 9.84 Å². The molecule has 1 aromatic carbocycles. The topological polar surface area (TPSA) is 29.5 Å². The zero-order valence-corrected chi connectivity index (χ0v) is 9.47. The molecule has 14 heavy (non-hydrogen) atoms. The van der Waals surface area contributed by atoms with Gasteiger partial charge in [0.1, 0.15) is 19.0 Å². The average molecular weight is 263 g/mol. The monoisotopic (exact) mass is 262 g/mol. The van der Waals surface area contributed by atoms with Crippen molar-refractivity contribution in [2.45, 2.75) is 13.5 Å². The second kappa shape index (κ2) is 5.32. The molecule has 0 radical (unpaired) electrons. The summed E-state index contributed by atoms with van der Waals surface area (Å²) in [5, 5.41) is 9.07. The molecule has 1 rings (SSSR count). The van der Waals surface area contributed by atoms with Crippen LogP contribution < -0.4 is 4.74 Å². The van der Waals surface area contributed by atoms with E-state index in [4.69, 9.17) is 9.84 Å². The van der Waals surface area contributed by atoms with Crippen molar-refractivity contribution in [3.05, 3.63) is 27.7 Å². The Kier molecular flexibility index (Phi) is 4.35. The van der Waals surface area contributed by atoms with Crippen LogP contribution in [0.2, 0.25) is 0 Å². The van der Waals surface area contributed by atoms with E-state index in [1.165, 1.54) is 0 Å². The molecular formula is C10H12BrFO2. The molecule has 0 amide bonds. The van der Waals surface area contributed by atoms with Crippen LogP contribution in [0.15, 0.2) is 16.6 Å². The van der Waals surface area contributed by atoms with E-state index >= 15 is 0 Å². The van der Waals surface area contributed by atoms with Crippen LogP contribution in [-0.2, 0) is 6.61 Å². The molecule has 0 aliphatic heterocycles. The second-order valence-corrected chi connectivity index (χ2v) is 3.82. The molecule has 0 aromatic heterocycles. The van der Waals surface area contributed by atoms with Crippen LogP contribution in [0.25, 0.3) is 0 Å². The molecular weight excluding hydrogens is 251 g/mol. The number of hydrogen-bond donors (Lipinski definition) is 1. The molecule has 0 bridgehead atoms. The predicted molar refractivity (Wildman–Crippen MR) is 56.3 cm³/mol. The summed E-state index contributed by atoms with van der Waals surface area (Å²) in [4.78, 5) is 0. The van der Waals surface area contributed by atoms with Crippen molar-refractivity contribution in [3.8, 4) is 5.75 Å². The normalized spacial score (nSPS) is 10.3. The smallest absolute Gasteiger partial charge is 0.127 e. The van der Waals surface area contributed by atoms with E-state index < -0.39 is 6.67 Å². The third kappa shape index (κ3) is 2.69. The summed E-state index contributed by atoms with van der Waals surface area (Å²) in [7, 11) is 0. The molecule has 0 saturated carbocycles. The van der Waals surface area contributed by atoms with Crippen LogP contribution in [0.4, 0.5) is 4.39 Å². The van der Waals surface area contributed by atoms with E-state index in [1.807, 2.05) is 13.0 Å². The van der Waals surface area contributed by atoms with E-state index in [9.17, 15) is 4.39 Å². The highest BCUT2D eigenvalue weighted by Gasteiger charge is 2.07. The van der Waals surface area contributed by atoms with Crippen molar-refractivity contribution in [3.63, 3.8) is 0 Å². The fourth-order valence-corrected chi connectivity index (χ4v) is 1.88. The summed E-state index contributed by atoms with van der Waals surface area (Å²) >= 11 is 3.32. The Morgan fingerprint density at radius 1 is 1.50 bits per heavy atom. The number of alkyl halides is 1. The third-order valence-electron chi connectivity index (χ3n) is 1.81. The molecule has 0 saturated heterocycles. The molecule has 4 heteroatoms. The first kappa shape index (κ1) is 11.5. The van der Waals surface area contributed by atoms with Gasteiger partial charge in [0, 0.05) is 10.0 Å². The Bertz CT molecular complexity index is 315. The highest BCUT2D eigenvalue weighted by atomic mass is 79.9.